The van der Waals surface area contributed by atoms with Gasteiger partial charge in [0.2, 0.25) is 6.67 Å². The SMILES string of the molecule is CCN(CN(C[N-][N+](=O)[O-])[N+](=O)[O-])[N+](=O)[O-].[K+]. The van der Waals surface area contributed by atoms with Crippen molar-refractivity contribution in [2.24, 2.45) is 0 Å². The quantitative estimate of drug-likeness (QED) is 0.191. The molecule has 12 nitrogen and oxygen atoms in total. The summed E-state index contributed by atoms with van der Waals surface area (Å²) in [5, 5.41) is 28.5. The van der Waals surface area contributed by atoms with Gasteiger partial charge in [0.05, 0.1) is 13.2 Å². The van der Waals surface area contributed by atoms with Crippen molar-refractivity contribution in [3.63, 3.8) is 0 Å². The Morgan fingerprint density at radius 3 is 1.82 bits per heavy atom. The summed E-state index contributed by atoms with van der Waals surface area (Å²) in [6.07, 6.45) is 0. The second-order valence-electron chi connectivity index (χ2n) is 2.47. The first-order valence-electron chi connectivity index (χ1n) is 3.98. The van der Waals surface area contributed by atoms with Crippen molar-refractivity contribution in [1.29, 1.82) is 0 Å². The van der Waals surface area contributed by atoms with Gasteiger partial charge in [0.15, 0.2) is 10.1 Å². The van der Waals surface area contributed by atoms with E-state index in [-0.39, 0.29) is 62.9 Å². The smallest absolute Gasteiger partial charge is 0.352 e. The maximum Gasteiger partial charge on any atom is 1.00 e. The van der Waals surface area contributed by atoms with Crippen LogP contribution in [0.15, 0.2) is 0 Å². The van der Waals surface area contributed by atoms with Crippen molar-refractivity contribution < 1.29 is 66.5 Å². The molecule has 0 spiro atoms. The Bertz CT molecular complexity index is 288. The Balaban J connectivity index is 0. The van der Waals surface area contributed by atoms with Crippen LogP contribution in [0.3, 0.4) is 0 Å². The molecule has 0 bridgehead atoms. The minimum absolute atomic E-state index is 0. The fraction of sp³-hybridized carbons (Fsp3) is 1.00. The van der Waals surface area contributed by atoms with Gasteiger partial charge in [0.25, 0.3) is 0 Å². The molecule has 0 radical (unpaired) electrons. The van der Waals surface area contributed by atoms with Crippen LogP contribution < -0.4 is 51.4 Å². The van der Waals surface area contributed by atoms with E-state index in [1.807, 2.05) is 0 Å². The van der Waals surface area contributed by atoms with E-state index < -0.39 is 28.4 Å². The van der Waals surface area contributed by atoms with Gasteiger partial charge >= 0.3 is 51.4 Å². The van der Waals surface area contributed by atoms with Crippen molar-refractivity contribution in [2.75, 3.05) is 19.9 Å². The number of nitro groups is 3. The van der Waals surface area contributed by atoms with E-state index >= 15 is 0 Å². The van der Waals surface area contributed by atoms with Crippen molar-refractivity contribution >= 4 is 0 Å². The summed E-state index contributed by atoms with van der Waals surface area (Å²) in [7, 11) is 0. The maximum atomic E-state index is 10.4. The first-order valence-corrected chi connectivity index (χ1v) is 3.98. The van der Waals surface area contributed by atoms with Crippen LogP contribution in [0.4, 0.5) is 0 Å². The molecule has 0 aromatic heterocycles. The molecule has 92 valence electrons. The second-order valence-corrected chi connectivity index (χ2v) is 2.47. The van der Waals surface area contributed by atoms with Gasteiger partial charge in [-0.2, -0.15) is 0 Å². The maximum absolute atomic E-state index is 10.4. The molecule has 0 amide bonds. The van der Waals surface area contributed by atoms with Crippen LogP contribution in [0.25, 0.3) is 5.43 Å². The van der Waals surface area contributed by atoms with Gasteiger partial charge in [-0.1, -0.05) is 0 Å². The van der Waals surface area contributed by atoms with Gasteiger partial charge in [-0.25, -0.2) is 20.2 Å². The Hall–Kier alpha value is -0.764. The molecule has 13 heteroatoms. The predicted molar refractivity (Wildman–Crippen MR) is 48.3 cm³/mol. The van der Waals surface area contributed by atoms with Crippen LogP contribution in [0.5, 0.6) is 0 Å². The summed E-state index contributed by atoms with van der Waals surface area (Å²) in [4.78, 5) is 30.6. The average Bonchev–Trinajstić information content (AvgIpc) is 2.16. The normalized spacial score (nSPS) is 8.76. The van der Waals surface area contributed by atoms with Crippen LogP contribution >= 0.6 is 0 Å². The van der Waals surface area contributed by atoms with Crippen molar-refractivity contribution in [1.82, 2.24) is 10.0 Å². The fourth-order valence-electron chi connectivity index (χ4n) is 0.728. The molecule has 0 aliphatic carbocycles. The first kappa shape index (κ1) is 18.6. The molecule has 0 unspecified atom stereocenters. The van der Waals surface area contributed by atoms with E-state index in [0.29, 0.717) is 5.01 Å². The molecular formula is C4H9KN6O6. The zero-order valence-corrected chi connectivity index (χ0v) is 12.4. The van der Waals surface area contributed by atoms with Gasteiger partial charge in [-0.15, -0.1) is 10.0 Å². The largest absolute Gasteiger partial charge is 1.00 e. The van der Waals surface area contributed by atoms with Crippen molar-refractivity contribution in [2.45, 2.75) is 6.92 Å². The monoisotopic (exact) mass is 276 g/mol. The van der Waals surface area contributed by atoms with E-state index in [1.54, 1.807) is 0 Å². The van der Waals surface area contributed by atoms with Gasteiger partial charge in [0.1, 0.15) is 0 Å². The van der Waals surface area contributed by atoms with Gasteiger partial charge < -0.3 is 5.43 Å². The Morgan fingerprint density at radius 2 is 1.53 bits per heavy atom. The Morgan fingerprint density at radius 1 is 1.06 bits per heavy atom. The molecule has 0 heterocycles. The molecule has 0 aliphatic rings. The van der Waals surface area contributed by atoms with Crippen LogP contribution in [-0.4, -0.2) is 45.0 Å². The molecule has 0 rings (SSSR count). The van der Waals surface area contributed by atoms with E-state index in [2.05, 4.69) is 5.43 Å². The number of hydrogen-bond donors (Lipinski definition) is 0. The summed E-state index contributed by atoms with van der Waals surface area (Å²) >= 11 is 0. The molecule has 0 saturated heterocycles. The summed E-state index contributed by atoms with van der Waals surface area (Å²) in [5.74, 6) is 0. The summed E-state index contributed by atoms with van der Waals surface area (Å²) in [6.45, 7) is -0.195. The number of rotatable bonds is 8. The standard InChI is InChI=1S/C4H9N6O6.K/c1-2-6(9(13)14)4-7(10(15)16)3-5-8(11)12;/h2-4H2,1H3;/q-1;+1. The third-order valence-corrected chi connectivity index (χ3v) is 1.50. The fourth-order valence-corrected chi connectivity index (χ4v) is 0.728. The van der Waals surface area contributed by atoms with Crippen LogP contribution in [0.2, 0.25) is 0 Å². The number of nitrogens with zero attached hydrogens (tertiary/aromatic N) is 6. The van der Waals surface area contributed by atoms with Crippen LogP contribution in [-0.2, 0) is 0 Å². The molecule has 0 atom stereocenters. The summed E-state index contributed by atoms with van der Waals surface area (Å²) < 4.78 is 0. The van der Waals surface area contributed by atoms with E-state index in [4.69, 9.17) is 0 Å². The van der Waals surface area contributed by atoms with E-state index in [0.717, 1.165) is 0 Å². The van der Waals surface area contributed by atoms with Crippen LogP contribution in [0.1, 0.15) is 6.92 Å². The minimum Gasteiger partial charge on any atom is -0.352 e. The molecule has 0 fully saturated rings. The zero-order chi connectivity index (χ0) is 12.7. The number of hydrazine groups is 2. The average molecular weight is 276 g/mol. The summed E-state index contributed by atoms with van der Waals surface area (Å²) in [6, 6.07) is 0. The molecule has 0 aromatic rings. The van der Waals surface area contributed by atoms with Crippen molar-refractivity contribution in [3.8, 4) is 0 Å². The third-order valence-electron chi connectivity index (χ3n) is 1.50. The third kappa shape index (κ3) is 8.03. The first-order chi connectivity index (χ1) is 7.38. The topological polar surface area (TPSA) is 150 Å². The van der Waals surface area contributed by atoms with Gasteiger partial charge in [0, 0.05) is 0 Å². The Kier molecular flexibility index (Phi) is 10.2. The Labute approximate surface area is 138 Å². The second kappa shape index (κ2) is 9.29. The molecule has 0 saturated carbocycles. The molecular weight excluding hydrogens is 267 g/mol. The predicted octanol–water partition coefficient (Wildman–Crippen LogP) is -3.52. The number of hydrogen-bond acceptors (Lipinski definition) is 6. The minimum atomic E-state index is -1.10. The van der Waals surface area contributed by atoms with Gasteiger partial charge in [-0.3, -0.25) is 10.1 Å². The van der Waals surface area contributed by atoms with E-state index in [9.17, 15) is 30.3 Å². The molecule has 0 aromatic carbocycles. The van der Waals surface area contributed by atoms with Crippen LogP contribution in [0, 0.1) is 30.3 Å². The van der Waals surface area contributed by atoms with Crippen molar-refractivity contribution in [3.05, 3.63) is 35.8 Å². The summed E-state index contributed by atoms with van der Waals surface area (Å²) in [5.41, 5.74) is 2.65. The zero-order valence-electron chi connectivity index (χ0n) is 9.25. The molecule has 0 aliphatic heterocycles. The van der Waals surface area contributed by atoms with Gasteiger partial charge in [-0.05, 0) is 12.0 Å². The molecule has 0 N–H and O–H groups in total. The van der Waals surface area contributed by atoms with E-state index in [1.165, 1.54) is 6.92 Å². The molecule has 17 heavy (non-hydrogen) atoms.